The highest BCUT2D eigenvalue weighted by Gasteiger charge is 2.49. The maximum Gasteiger partial charge on any atom is 0.319 e. The van der Waals surface area contributed by atoms with Crippen molar-refractivity contribution in [2.75, 3.05) is 44.2 Å². The van der Waals surface area contributed by atoms with E-state index < -0.39 is 12.8 Å². The highest BCUT2D eigenvalue weighted by atomic mass is 19.1. The van der Waals surface area contributed by atoms with Crippen LogP contribution in [-0.2, 0) is 6.67 Å². The lowest BCUT2D eigenvalue weighted by molar-refractivity contribution is 0.107. The Morgan fingerprint density at radius 2 is 2.11 bits per heavy atom. The van der Waals surface area contributed by atoms with Crippen molar-refractivity contribution in [2.45, 2.75) is 57.0 Å². The quantitative estimate of drug-likeness (QED) is 0.283. The Balaban J connectivity index is 1.39. The summed E-state index contributed by atoms with van der Waals surface area (Å²) in [6.45, 7) is 5.03. The number of rotatable bonds is 7. The van der Waals surface area contributed by atoms with Crippen LogP contribution in [0.15, 0.2) is 36.5 Å². The number of halogens is 2. The lowest BCUT2D eigenvalue weighted by Crippen LogP contribution is -2.50. The van der Waals surface area contributed by atoms with E-state index in [4.69, 9.17) is 26.1 Å². The molecule has 2 N–H and O–H groups in total. The van der Waals surface area contributed by atoms with Crippen LogP contribution in [0.1, 0.15) is 43.7 Å². The number of hydrogen-bond acceptors (Lipinski definition) is 8. The number of alkyl halides is 2. The molecule has 10 heteroatoms. The van der Waals surface area contributed by atoms with Crippen LogP contribution in [0.2, 0.25) is 0 Å². The molecule has 7 rings (SSSR count). The molecule has 2 aromatic heterocycles. The Hall–Kier alpha value is -4.07. The molecule has 4 aromatic rings. The molecule has 0 spiro atoms. The number of phenolic OH excluding ortho intramolecular Hbond substituents is 1. The van der Waals surface area contributed by atoms with Gasteiger partial charge in [0.1, 0.15) is 31.0 Å². The van der Waals surface area contributed by atoms with Crippen LogP contribution in [0.3, 0.4) is 0 Å². The molecule has 228 valence electrons. The van der Waals surface area contributed by atoms with Crippen molar-refractivity contribution in [2.24, 2.45) is 0 Å². The van der Waals surface area contributed by atoms with Gasteiger partial charge in [0, 0.05) is 66.9 Å². The molecule has 0 aliphatic carbocycles. The monoisotopic (exact) mass is 598 g/mol. The Morgan fingerprint density at radius 1 is 1.23 bits per heavy atom. The number of nitrogens with one attached hydrogen (secondary N) is 1. The molecule has 3 aliphatic rings. The van der Waals surface area contributed by atoms with Crippen LogP contribution in [0.5, 0.6) is 11.8 Å². The van der Waals surface area contributed by atoms with Crippen LogP contribution >= 0.6 is 0 Å². The lowest BCUT2D eigenvalue weighted by atomic mass is 9.94. The molecule has 3 atom stereocenters. The third-order valence-corrected chi connectivity index (χ3v) is 9.58. The standard InChI is InChI=1S/C34H36F2N6O2/c1-3-21-7-5-8-22-13-25(43)14-26(29(21)22)30-27(16-35)31-28(17-38-30)32(41-12-10-37-24(4-2)19-41)40-33(39-31)44-20-34-9-6-11-42(34)18-23(36)15-34/h1,5,7-8,13-14,17,23-24,37,43H,4,6,9-12,15-16,18-20H2,2H3/t23-,24+,34+/m0/s1. The van der Waals surface area contributed by atoms with E-state index in [0.29, 0.717) is 58.4 Å². The summed E-state index contributed by atoms with van der Waals surface area (Å²) in [5, 5.41) is 16.2. The van der Waals surface area contributed by atoms with Crippen LogP contribution in [0.4, 0.5) is 14.6 Å². The number of phenols is 1. The van der Waals surface area contributed by atoms with Crippen molar-refractivity contribution in [3.05, 3.63) is 47.7 Å². The summed E-state index contributed by atoms with van der Waals surface area (Å²) < 4.78 is 36.0. The number of nitrogens with zero attached hydrogens (tertiary/aromatic N) is 5. The van der Waals surface area contributed by atoms with E-state index in [1.54, 1.807) is 18.3 Å². The summed E-state index contributed by atoms with van der Waals surface area (Å²) in [6, 6.07) is 9.11. The average Bonchev–Trinajstić information content (AvgIpc) is 3.57. The minimum atomic E-state index is -0.879. The van der Waals surface area contributed by atoms with Gasteiger partial charge in [0.05, 0.1) is 22.1 Å². The highest BCUT2D eigenvalue weighted by molar-refractivity contribution is 6.04. The van der Waals surface area contributed by atoms with Gasteiger partial charge in [-0.15, -0.1) is 6.42 Å². The Labute approximate surface area is 255 Å². The van der Waals surface area contributed by atoms with Gasteiger partial charge in [-0.25, -0.2) is 8.78 Å². The first kappa shape index (κ1) is 28.7. The minimum absolute atomic E-state index is 0.0234. The molecule has 3 fully saturated rings. The Kier molecular flexibility index (Phi) is 7.47. The number of aromatic nitrogens is 3. The van der Waals surface area contributed by atoms with E-state index in [9.17, 15) is 9.50 Å². The second kappa shape index (κ2) is 11.5. The van der Waals surface area contributed by atoms with E-state index in [-0.39, 0.29) is 35.5 Å². The molecule has 44 heavy (non-hydrogen) atoms. The maximum atomic E-state index is 15.2. The molecule has 0 unspecified atom stereocenters. The Bertz CT molecular complexity index is 1780. The summed E-state index contributed by atoms with van der Waals surface area (Å²) in [5.41, 5.74) is 1.78. The zero-order valence-electron chi connectivity index (χ0n) is 24.8. The van der Waals surface area contributed by atoms with Crippen molar-refractivity contribution in [1.29, 1.82) is 0 Å². The third kappa shape index (κ3) is 4.88. The second-order valence-electron chi connectivity index (χ2n) is 12.2. The van der Waals surface area contributed by atoms with Gasteiger partial charge >= 0.3 is 6.01 Å². The van der Waals surface area contributed by atoms with Crippen molar-refractivity contribution >= 4 is 27.5 Å². The molecular formula is C34H36F2N6O2. The smallest absolute Gasteiger partial charge is 0.319 e. The molecule has 0 amide bonds. The zero-order chi connectivity index (χ0) is 30.4. The first-order chi connectivity index (χ1) is 21.4. The van der Waals surface area contributed by atoms with Gasteiger partial charge in [-0.2, -0.15) is 9.97 Å². The maximum absolute atomic E-state index is 15.2. The largest absolute Gasteiger partial charge is 0.508 e. The van der Waals surface area contributed by atoms with E-state index in [0.717, 1.165) is 44.3 Å². The van der Waals surface area contributed by atoms with Crippen LogP contribution in [0, 0.1) is 12.3 Å². The van der Waals surface area contributed by atoms with Crippen molar-refractivity contribution in [3.63, 3.8) is 0 Å². The lowest BCUT2D eigenvalue weighted by Gasteiger charge is -2.35. The van der Waals surface area contributed by atoms with Crippen molar-refractivity contribution in [3.8, 4) is 35.4 Å². The van der Waals surface area contributed by atoms with Crippen molar-refractivity contribution in [1.82, 2.24) is 25.2 Å². The molecular weight excluding hydrogens is 562 g/mol. The summed E-state index contributed by atoms with van der Waals surface area (Å²) in [6.07, 6.45) is 9.89. The highest BCUT2D eigenvalue weighted by Crippen LogP contribution is 2.42. The number of anilines is 1. The summed E-state index contributed by atoms with van der Waals surface area (Å²) in [5.74, 6) is 3.38. The number of terminal acetylenes is 1. The van der Waals surface area contributed by atoms with E-state index in [1.807, 2.05) is 18.2 Å². The van der Waals surface area contributed by atoms with Gasteiger partial charge < -0.3 is 20.1 Å². The molecule has 3 saturated heterocycles. The normalized spacial score (nSPS) is 23.7. The van der Waals surface area contributed by atoms with Crippen LogP contribution in [-0.4, -0.2) is 82.0 Å². The summed E-state index contributed by atoms with van der Waals surface area (Å²) >= 11 is 0. The van der Waals surface area contributed by atoms with Crippen LogP contribution < -0.4 is 15.0 Å². The molecule has 0 radical (unpaired) electrons. The van der Waals surface area contributed by atoms with Gasteiger partial charge in [-0.3, -0.25) is 9.88 Å². The van der Waals surface area contributed by atoms with E-state index in [2.05, 4.69) is 28.0 Å². The predicted octanol–water partition coefficient (Wildman–Crippen LogP) is 5.14. The number of fused-ring (bicyclic) bond motifs is 3. The first-order valence-electron chi connectivity index (χ1n) is 15.4. The zero-order valence-corrected chi connectivity index (χ0v) is 24.8. The molecule has 2 aromatic carbocycles. The number of piperazine rings is 1. The molecule has 0 saturated carbocycles. The van der Waals surface area contributed by atoms with Crippen LogP contribution in [0.25, 0.3) is 32.9 Å². The fraction of sp³-hybridized carbons (Fsp3) is 0.441. The SMILES string of the molecule is C#Cc1cccc2cc(O)cc(-c3ncc4c(N5CCN[C@H](CC)C5)nc(OC[C@]56CCCN5C[C@@H](F)C6)nc4c3CF)c12. The fourth-order valence-corrected chi connectivity index (χ4v) is 7.43. The summed E-state index contributed by atoms with van der Waals surface area (Å²) in [7, 11) is 0. The molecule has 5 heterocycles. The number of hydrogen-bond donors (Lipinski definition) is 2. The Morgan fingerprint density at radius 3 is 2.93 bits per heavy atom. The third-order valence-electron chi connectivity index (χ3n) is 9.58. The van der Waals surface area contributed by atoms with Gasteiger partial charge in [-0.05, 0) is 49.4 Å². The van der Waals surface area contributed by atoms with E-state index >= 15 is 4.39 Å². The molecule has 3 aliphatic heterocycles. The van der Waals surface area contributed by atoms with Gasteiger partial charge in [0.25, 0.3) is 0 Å². The molecule has 8 nitrogen and oxygen atoms in total. The number of benzene rings is 2. The topological polar surface area (TPSA) is 86.6 Å². The van der Waals surface area contributed by atoms with Crippen molar-refractivity contribution < 1.29 is 18.6 Å². The average molecular weight is 599 g/mol. The fourth-order valence-electron chi connectivity index (χ4n) is 7.43. The van der Waals surface area contributed by atoms with Gasteiger partial charge in [0.15, 0.2) is 0 Å². The first-order valence-corrected chi connectivity index (χ1v) is 15.4. The minimum Gasteiger partial charge on any atom is -0.508 e. The second-order valence-corrected chi connectivity index (χ2v) is 12.2. The number of pyridine rings is 1. The number of aromatic hydroxyl groups is 1. The van der Waals surface area contributed by atoms with Gasteiger partial charge in [0.2, 0.25) is 0 Å². The van der Waals surface area contributed by atoms with E-state index in [1.165, 1.54) is 0 Å². The molecule has 0 bridgehead atoms. The van der Waals surface area contributed by atoms with Gasteiger partial charge in [-0.1, -0.05) is 25.0 Å². The summed E-state index contributed by atoms with van der Waals surface area (Å²) in [4.78, 5) is 18.8. The number of ether oxygens (including phenoxy) is 1. The predicted molar refractivity (Wildman–Crippen MR) is 168 cm³/mol.